The summed E-state index contributed by atoms with van der Waals surface area (Å²) in [5.74, 6) is 0.204. The van der Waals surface area contributed by atoms with E-state index in [1.54, 1.807) is 0 Å². The number of aromatic nitrogens is 1. The molecule has 2 heterocycles. The van der Waals surface area contributed by atoms with Gasteiger partial charge in [-0.1, -0.05) is 32.0 Å². The molecular formula is C20H29N3O. The van der Waals surface area contributed by atoms with Gasteiger partial charge in [0.05, 0.1) is 6.04 Å². The highest BCUT2D eigenvalue weighted by Gasteiger charge is 2.29. The van der Waals surface area contributed by atoms with Crippen LogP contribution in [0.25, 0.3) is 10.9 Å². The lowest BCUT2D eigenvalue weighted by Crippen LogP contribution is -2.44. The molecule has 1 saturated heterocycles. The zero-order valence-corrected chi connectivity index (χ0v) is 14.9. The molecule has 1 amide bonds. The first-order chi connectivity index (χ1) is 11.7. The van der Waals surface area contributed by atoms with Gasteiger partial charge in [0.2, 0.25) is 5.91 Å². The minimum atomic E-state index is 0.0830. The summed E-state index contributed by atoms with van der Waals surface area (Å²) in [5, 5.41) is 4.44. The monoisotopic (exact) mass is 327 g/mol. The van der Waals surface area contributed by atoms with Crippen LogP contribution in [0.5, 0.6) is 0 Å². The number of nitrogens with one attached hydrogen (secondary N) is 2. The van der Waals surface area contributed by atoms with Crippen LogP contribution in [-0.2, 0) is 17.6 Å². The third-order valence-corrected chi connectivity index (χ3v) is 5.14. The second-order valence-electron chi connectivity index (χ2n) is 6.74. The number of aromatic amines is 1. The van der Waals surface area contributed by atoms with E-state index >= 15 is 0 Å². The van der Waals surface area contributed by atoms with Crippen LogP contribution in [-0.4, -0.2) is 41.5 Å². The van der Waals surface area contributed by atoms with Gasteiger partial charge in [0.15, 0.2) is 0 Å². The number of hydrogen-bond acceptors (Lipinski definition) is 2. The number of carbonyl (C=O) groups excluding carboxylic acids is 1. The average molecular weight is 327 g/mol. The highest BCUT2D eigenvalue weighted by atomic mass is 16.2. The fourth-order valence-corrected chi connectivity index (χ4v) is 3.89. The van der Waals surface area contributed by atoms with Crippen molar-refractivity contribution in [2.75, 3.05) is 19.6 Å². The Labute approximate surface area is 144 Å². The summed E-state index contributed by atoms with van der Waals surface area (Å²) < 4.78 is 0. The van der Waals surface area contributed by atoms with Crippen molar-refractivity contribution in [2.45, 2.75) is 52.0 Å². The predicted molar refractivity (Wildman–Crippen MR) is 99.3 cm³/mol. The van der Waals surface area contributed by atoms with Crippen LogP contribution in [0.15, 0.2) is 24.4 Å². The summed E-state index contributed by atoms with van der Waals surface area (Å²) in [5.41, 5.74) is 3.88. The molecule has 4 heteroatoms. The quantitative estimate of drug-likeness (QED) is 0.820. The number of hydrogen-bond donors (Lipinski definition) is 2. The molecule has 0 radical (unpaired) electrons. The number of aryl methyl sites for hydroxylation is 1. The maximum absolute atomic E-state index is 12.5. The second-order valence-corrected chi connectivity index (χ2v) is 6.74. The molecule has 1 unspecified atom stereocenters. The maximum Gasteiger partial charge on any atom is 0.237 e. The molecule has 24 heavy (non-hydrogen) atoms. The second kappa shape index (κ2) is 7.84. The van der Waals surface area contributed by atoms with Crippen LogP contribution in [0.3, 0.4) is 0 Å². The summed E-state index contributed by atoms with van der Waals surface area (Å²) in [6, 6.07) is 6.55. The standard InChI is InChI=1S/C20H29N3O/c1-3-12-23-13-6-9-18(23)20(24)21-11-10-16-14-22-19-15(4-2)7-5-8-17(16)19/h5,7-8,14,18,22H,3-4,6,9-13H2,1-2H3,(H,21,24). The number of rotatable bonds is 7. The first-order valence-corrected chi connectivity index (χ1v) is 9.34. The fourth-order valence-electron chi connectivity index (χ4n) is 3.89. The minimum absolute atomic E-state index is 0.0830. The zero-order chi connectivity index (χ0) is 16.9. The van der Waals surface area contributed by atoms with Crippen LogP contribution in [0.2, 0.25) is 0 Å². The molecule has 2 aromatic rings. The summed E-state index contributed by atoms with van der Waals surface area (Å²) in [6.07, 6.45) is 7.25. The molecule has 0 aliphatic carbocycles. The normalized spacial score (nSPS) is 18.3. The van der Waals surface area contributed by atoms with Gasteiger partial charge < -0.3 is 10.3 Å². The molecule has 1 atom stereocenters. The Morgan fingerprint density at radius 1 is 1.33 bits per heavy atom. The van der Waals surface area contributed by atoms with E-state index in [-0.39, 0.29) is 11.9 Å². The first-order valence-electron chi connectivity index (χ1n) is 9.34. The SMILES string of the molecule is CCCN1CCCC1C(=O)NCCc1c[nH]c2c(CC)cccc12. The van der Waals surface area contributed by atoms with Gasteiger partial charge in [-0.15, -0.1) is 0 Å². The number of fused-ring (bicyclic) bond motifs is 1. The lowest BCUT2D eigenvalue weighted by molar-refractivity contribution is -0.125. The molecule has 1 aromatic heterocycles. The van der Waals surface area contributed by atoms with Gasteiger partial charge in [0, 0.05) is 23.6 Å². The molecule has 0 saturated carbocycles. The lowest BCUT2D eigenvalue weighted by atomic mass is 10.1. The van der Waals surface area contributed by atoms with E-state index in [4.69, 9.17) is 0 Å². The molecule has 1 aliphatic rings. The Hall–Kier alpha value is -1.81. The Morgan fingerprint density at radius 2 is 2.21 bits per heavy atom. The largest absolute Gasteiger partial charge is 0.361 e. The van der Waals surface area contributed by atoms with E-state index in [2.05, 4.69) is 53.4 Å². The van der Waals surface area contributed by atoms with E-state index < -0.39 is 0 Å². The van der Waals surface area contributed by atoms with Crippen LogP contribution in [0, 0.1) is 0 Å². The number of amides is 1. The Balaban J connectivity index is 1.58. The fraction of sp³-hybridized carbons (Fsp3) is 0.550. The first kappa shape index (κ1) is 17.0. The van der Waals surface area contributed by atoms with Gasteiger partial charge in [0.1, 0.15) is 0 Å². The van der Waals surface area contributed by atoms with E-state index in [1.165, 1.54) is 22.0 Å². The number of likely N-dealkylation sites (tertiary alicyclic amines) is 1. The minimum Gasteiger partial charge on any atom is -0.361 e. The molecule has 1 aliphatic heterocycles. The highest BCUT2D eigenvalue weighted by molar-refractivity contribution is 5.86. The molecule has 3 rings (SSSR count). The molecule has 1 fully saturated rings. The van der Waals surface area contributed by atoms with Gasteiger partial charge in [-0.3, -0.25) is 9.69 Å². The molecule has 4 nitrogen and oxygen atoms in total. The van der Waals surface area contributed by atoms with E-state index in [0.717, 1.165) is 45.2 Å². The van der Waals surface area contributed by atoms with Crippen molar-refractivity contribution in [2.24, 2.45) is 0 Å². The van der Waals surface area contributed by atoms with Gasteiger partial charge in [-0.25, -0.2) is 0 Å². The lowest BCUT2D eigenvalue weighted by Gasteiger charge is -2.22. The topological polar surface area (TPSA) is 48.1 Å². The van der Waals surface area contributed by atoms with E-state index in [0.29, 0.717) is 6.54 Å². The number of benzene rings is 1. The Morgan fingerprint density at radius 3 is 3.00 bits per heavy atom. The Kier molecular flexibility index (Phi) is 5.56. The molecule has 1 aromatic carbocycles. The highest BCUT2D eigenvalue weighted by Crippen LogP contribution is 2.22. The van der Waals surface area contributed by atoms with Gasteiger partial charge >= 0.3 is 0 Å². The van der Waals surface area contributed by atoms with Crippen molar-refractivity contribution in [3.8, 4) is 0 Å². The number of H-pyrrole nitrogens is 1. The van der Waals surface area contributed by atoms with E-state index in [1.807, 2.05) is 0 Å². The summed E-state index contributed by atoms with van der Waals surface area (Å²) in [6.45, 7) is 7.15. The average Bonchev–Trinajstić information content (AvgIpc) is 3.22. The smallest absolute Gasteiger partial charge is 0.237 e. The third kappa shape index (κ3) is 3.48. The zero-order valence-electron chi connectivity index (χ0n) is 14.9. The number of nitrogens with zero attached hydrogens (tertiary/aromatic N) is 1. The predicted octanol–water partition coefficient (Wildman–Crippen LogP) is 3.26. The van der Waals surface area contributed by atoms with Gasteiger partial charge in [-0.05, 0) is 56.3 Å². The van der Waals surface area contributed by atoms with Crippen molar-refractivity contribution in [1.29, 1.82) is 0 Å². The maximum atomic E-state index is 12.5. The molecule has 130 valence electrons. The summed E-state index contributed by atoms with van der Waals surface area (Å²) >= 11 is 0. The van der Waals surface area contributed by atoms with Crippen molar-refractivity contribution < 1.29 is 4.79 Å². The summed E-state index contributed by atoms with van der Waals surface area (Å²) in [4.78, 5) is 18.2. The van der Waals surface area contributed by atoms with E-state index in [9.17, 15) is 4.79 Å². The van der Waals surface area contributed by atoms with Crippen molar-refractivity contribution in [3.63, 3.8) is 0 Å². The van der Waals surface area contributed by atoms with Crippen molar-refractivity contribution >= 4 is 16.8 Å². The number of para-hydroxylation sites is 1. The van der Waals surface area contributed by atoms with Crippen LogP contribution < -0.4 is 5.32 Å². The third-order valence-electron chi connectivity index (χ3n) is 5.14. The Bertz CT molecular complexity index is 691. The van der Waals surface area contributed by atoms with Crippen LogP contribution in [0.1, 0.15) is 44.2 Å². The molecular weight excluding hydrogens is 298 g/mol. The molecule has 0 bridgehead atoms. The van der Waals surface area contributed by atoms with Crippen LogP contribution in [0.4, 0.5) is 0 Å². The van der Waals surface area contributed by atoms with Crippen molar-refractivity contribution in [1.82, 2.24) is 15.2 Å². The van der Waals surface area contributed by atoms with Crippen molar-refractivity contribution in [3.05, 3.63) is 35.5 Å². The van der Waals surface area contributed by atoms with Crippen LogP contribution >= 0.6 is 0 Å². The van der Waals surface area contributed by atoms with Gasteiger partial charge in [0.25, 0.3) is 0 Å². The molecule has 2 N–H and O–H groups in total. The van der Waals surface area contributed by atoms with Gasteiger partial charge in [-0.2, -0.15) is 0 Å². The number of carbonyl (C=O) groups is 1. The summed E-state index contributed by atoms with van der Waals surface area (Å²) in [7, 11) is 0. The molecule has 0 spiro atoms.